The summed E-state index contributed by atoms with van der Waals surface area (Å²) in [7, 11) is 0. The van der Waals surface area contributed by atoms with E-state index >= 15 is 0 Å². The second-order valence-corrected chi connectivity index (χ2v) is 6.25. The van der Waals surface area contributed by atoms with Gasteiger partial charge in [-0.1, -0.05) is 17.7 Å². The predicted octanol–water partition coefficient (Wildman–Crippen LogP) is 1.32. The number of anilines is 1. The Hall–Kier alpha value is -1.99. The van der Waals surface area contributed by atoms with Gasteiger partial charge in [0, 0.05) is 37.7 Å². The number of H-pyrrole nitrogens is 1. The highest BCUT2D eigenvalue weighted by Crippen LogP contribution is 2.30. The van der Waals surface area contributed by atoms with E-state index in [2.05, 4.69) is 36.7 Å². The summed E-state index contributed by atoms with van der Waals surface area (Å²) in [6.07, 6.45) is 4.98. The highest BCUT2D eigenvalue weighted by atomic mass is 35.5. The number of piperazine rings is 1. The molecular formula is C15H18ClN7. The van der Waals surface area contributed by atoms with Gasteiger partial charge < -0.3 is 10.2 Å². The second-order valence-electron chi connectivity index (χ2n) is 5.89. The van der Waals surface area contributed by atoms with Crippen LogP contribution in [0.5, 0.6) is 0 Å². The summed E-state index contributed by atoms with van der Waals surface area (Å²) in [6, 6.07) is 0. The Bertz CT molecular complexity index is 748. The number of hydrogen-bond donors (Lipinski definition) is 2. The Morgan fingerprint density at radius 1 is 1.26 bits per heavy atom. The average Bonchev–Trinajstić information content (AvgIpc) is 2.97. The smallest absolute Gasteiger partial charge is 0.194 e. The predicted molar refractivity (Wildman–Crippen MR) is 88.7 cm³/mol. The van der Waals surface area contributed by atoms with Crippen molar-refractivity contribution in [3.05, 3.63) is 34.0 Å². The van der Waals surface area contributed by atoms with Gasteiger partial charge in [0.15, 0.2) is 16.8 Å². The third-order valence-electron chi connectivity index (χ3n) is 4.42. The van der Waals surface area contributed by atoms with Crippen molar-refractivity contribution in [2.75, 3.05) is 31.1 Å². The van der Waals surface area contributed by atoms with E-state index in [4.69, 9.17) is 16.6 Å². The molecule has 0 spiro atoms. The van der Waals surface area contributed by atoms with Gasteiger partial charge in [-0.25, -0.2) is 4.98 Å². The number of rotatable bonds is 2. The van der Waals surface area contributed by atoms with E-state index in [1.807, 2.05) is 13.0 Å². The van der Waals surface area contributed by atoms with Crippen LogP contribution in [0.1, 0.15) is 28.7 Å². The molecule has 0 saturated carbocycles. The zero-order valence-corrected chi connectivity index (χ0v) is 13.6. The lowest BCUT2D eigenvalue weighted by Crippen LogP contribution is -2.44. The fourth-order valence-corrected chi connectivity index (χ4v) is 3.30. The van der Waals surface area contributed by atoms with E-state index in [1.54, 1.807) is 0 Å². The lowest BCUT2D eigenvalue weighted by atomic mass is 9.92. The van der Waals surface area contributed by atoms with Gasteiger partial charge in [0.1, 0.15) is 0 Å². The lowest BCUT2D eigenvalue weighted by Gasteiger charge is -2.29. The van der Waals surface area contributed by atoms with E-state index in [0.29, 0.717) is 11.0 Å². The van der Waals surface area contributed by atoms with Crippen LogP contribution in [0.3, 0.4) is 0 Å². The van der Waals surface area contributed by atoms with Crippen molar-refractivity contribution in [2.24, 2.45) is 0 Å². The van der Waals surface area contributed by atoms with Crippen molar-refractivity contribution in [1.82, 2.24) is 30.7 Å². The number of aromatic amines is 1. The third-order valence-corrected chi connectivity index (χ3v) is 4.66. The Morgan fingerprint density at radius 2 is 2.09 bits per heavy atom. The Labute approximate surface area is 139 Å². The average molecular weight is 332 g/mol. The van der Waals surface area contributed by atoms with Crippen LogP contribution >= 0.6 is 11.6 Å². The molecule has 0 radical (unpaired) electrons. The SMILES string of the molecule is Cc1n[nH]c2c1CC(c1nnc(Cl)c(N3CCNCC3)n1)C=C2. The first kappa shape index (κ1) is 14.6. The first-order valence-corrected chi connectivity index (χ1v) is 8.18. The topological polar surface area (TPSA) is 82.6 Å². The number of aryl methyl sites for hydroxylation is 1. The minimum atomic E-state index is 0.102. The van der Waals surface area contributed by atoms with Gasteiger partial charge in [0.25, 0.3) is 0 Å². The molecule has 120 valence electrons. The zero-order valence-electron chi connectivity index (χ0n) is 12.9. The molecule has 2 aliphatic rings. The molecule has 23 heavy (non-hydrogen) atoms. The van der Waals surface area contributed by atoms with E-state index in [-0.39, 0.29) is 5.92 Å². The van der Waals surface area contributed by atoms with E-state index in [1.165, 1.54) is 5.56 Å². The van der Waals surface area contributed by atoms with Crippen molar-refractivity contribution >= 4 is 23.5 Å². The molecule has 1 fully saturated rings. The summed E-state index contributed by atoms with van der Waals surface area (Å²) in [4.78, 5) is 6.88. The molecule has 1 atom stereocenters. The van der Waals surface area contributed by atoms with Crippen LogP contribution in [-0.2, 0) is 6.42 Å². The Balaban J connectivity index is 1.63. The minimum Gasteiger partial charge on any atom is -0.351 e. The van der Waals surface area contributed by atoms with Crippen LogP contribution in [0.2, 0.25) is 5.15 Å². The number of hydrogen-bond acceptors (Lipinski definition) is 6. The van der Waals surface area contributed by atoms with Crippen molar-refractivity contribution in [3.8, 4) is 0 Å². The normalized spacial score (nSPS) is 20.6. The molecule has 0 amide bonds. The maximum Gasteiger partial charge on any atom is 0.194 e. The fraction of sp³-hybridized carbons (Fsp3) is 0.467. The number of aromatic nitrogens is 5. The molecule has 7 nitrogen and oxygen atoms in total. The number of halogens is 1. The quantitative estimate of drug-likeness (QED) is 0.863. The summed E-state index contributed by atoms with van der Waals surface area (Å²) in [5, 5.41) is 19.4. The number of nitrogens with one attached hydrogen (secondary N) is 2. The van der Waals surface area contributed by atoms with Crippen LogP contribution in [0.15, 0.2) is 6.08 Å². The summed E-state index contributed by atoms with van der Waals surface area (Å²) in [5.74, 6) is 1.55. The first-order valence-electron chi connectivity index (χ1n) is 7.80. The highest BCUT2D eigenvalue weighted by Gasteiger charge is 2.24. The van der Waals surface area contributed by atoms with Gasteiger partial charge in [-0.3, -0.25) is 5.10 Å². The Morgan fingerprint density at radius 3 is 2.91 bits per heavy atom. The third kappa shape index (κ3) is 2.70. The molecule has 3 heterocycles. The van der Waals surface area contributed by atoms with Gasteiger partial charge in [0.2, 0.25) is 0 Å². The molecule has 2 aromatic heterocycles. The lowest BCUT2D eigenvalue weighted by molar-refractivity contribution is 0.580. The molecule has 1 unspecified atom stereocenters. The first-order chi connectivity index (χ1) is 11.2. The molecule has 8 heteroatoms. The zero-order chi connectivity index (χ0) is 15.8. The van der Waals surface area contributed by atoms with Gasteiger partial charge >= 0.3 is 0 Å². The monoisotopic (exact) mass is 331 g/mol. The second kappa shape index (κ2) is 5.90. The maximum absolute atomic E-state index is 6.23. The van der Waals surface area contributed by atoms with E-state index in [0.717, 1.165) is 49.8 Å². The Kier molecular flexibility index (Phi) is 3.74. The van der Waals surface area contributed by atoms with Crippen LogP contribution in [0.4, 0.5) is 5.82 Å². The molecule has 4 rings (SSSR count). The summed E-state index contributed by atoms with van der Waals surface area (Å²) in [6.45, 7) is 5.62. The van der Waals surface area contributed by atoms with Crippen molar-refractivity contribution in [3.63, 3.8) is 0 Å². The van der Waals surface area contributed by atoms with Crippen LogP contribution in [0, 0.1) is 6.92 Å². The standard InChI is InChI=1S/C15H18ClN7/c1-9-11-8-10(2-3-12(11)20-19-9)14-18-15(13(16)21-22-14)23-6-4-17-5-7-23/h2-3,10,17H,4-8H2,1H3,(H,19,20). The molecule has 2 N–H and O–H groups in total. The van der Waals surface area contributed by atoms with E-state index < -0.39 is 0 Å². The van der Waals surface area contributed by atoms with Crippen LogP contribution in [0.25, 0.3) is 6.08 Å². The van der Waals surface area contributed by atoms with Crippen LogP contribution in [-0.4, -0.2) is 51.6 Å². The summed E-state index contributed by atoms with van der Waals surface area (Å²) >= 11 is 6.23. The van der Waals surface area contributed by atoms with Gasteiger partial charge in [0.05, 0.1) is 11.4 Å². The molecule has 0 bridgehead atoms. The molecule has 2 aromatic rings. The van der Waals surface area contributed by atoms with Crippen molar-refractivity contribution in [1.29, 1.82) is 0 Å². The molecule has 1 aliphatic carbocycles. The van der Waals surface area contributed by atoms with Gasteiger partial charge in [-0.15, -0.1) is 10.2 Å². The molecule has 1 saturated heterocycles. The minimum absolute atomic E-state index is 0.102. The largest absolute Gasteiger partial charge is 0.351 e. The van der Waals surface area contributed by atoms with Gasteiger partial charge in [-0.2, -0.15) is 5.10 Å². The molecular weight excluding hydrogens is 314 g/mol. The van der Waals surface area contributed by atoms with Crippen molar-refractivity contribution in [2.45, 2.75) is 19.3 Å². The number of allylic oxidation sites excluding steroid dienone is 1. The molecule has 1 aliphatic heterocycles. The number of nitrogens with zero attached hydrogens (tertiary/aromatic N) is 5. The van der Waals surface area contributed by atoms with Crippen LogP contribution < -0.4 is 10.2 Å². The van der Waals surface area contributed by atoms with Gasteiger partial charge in [-0.05, 0) is 19.4 Å². The van der Waals surface area contributed by atoms with Crippen molar-refractivity contribution < 1.29 is 0 Å². The summed E-state index contributed by atoms with van der Waals surface area (Å²) < 4.78 is 0. The summed E-state index contributed by atoms with van der Waals surface area (Å²) in [5.41, 5.74) is 3.32. The maximum atomic E-state index is 6.23. The highest BCUT2D eigenvalue weighted by molar-refractivity contribution is 6.31. The molecule has 0 aromatic carbocycles. The van der Waals surface area contributed by atoms with E-state index in [9.17, 15) is 0 Å². The number of fused-ring (bicyclic) bond motifs is 1. The fourth-order valence-electron chi connectivity index (χ4n) is 3.10.